The van der Waals surface area contributed by atoms with Crippen molar-refractivity contribution in [3.05, 3.63) is 57.3 Å². The van der Waals surface area contributed by atoms with Crippen LogP contribution in [-0.4, -0.2) is 24.0 Å². The predicted octanol–water partition coefficient (Wildman–Crippen LogP) is 3.66. The summed E-state index contributed by atoms with van der Waals surface area (Å²) in [5.74, 6) is 0.00432. The molecule has 0 heterocycles. The Balaban J connectivity index is 2.12. The number of rotatable bonds is 2. The van der Waals surface area contributed by atoms with Crippen molar-refractivity contribution in [2.75, 3.05) is 6.61 Å². The Labute approximate surface area is 147 Å². The van der Waals surface area contributed by atoms with E-state index in [9.17, 15) is 9.59 Å². The van der Waals surface area contributed by atoms with Crippen LogP contribution in [-0.2, 0) is 14.3 Å². The zero-order chi connectivity index (χ0) is 18.2. The average Bonchev–Trinajstić information content (AvgIpc) is 2.78. The molecule has 3 aliphatic rings. The zero-order valence-corrected chi connectivity index (χ0v) is 14.5. The highest BCUT2D eigenvalue weighted by Crippen LogP contribution is 2.49. The van der Waals surface area contributed by atoms with Crippen LogP contribution in [0.3, 0.4) is 0 Å². The summed E-state index contributed by atoms with van der Waals surface area (Å²) in [6.45, 7) is 18.8. The summed E-state index contributed by atoms with van der Waals surface area (Å²) in [7, 11) is 0. The van der Waals surface area contributed by atoms with Crippen molar-refractivity contribution in [1.29, 1.82) is 0 Å². The molecule has 25 heavy (non-hydrogen) atoms. The van der Waals surface area contributed by atoms with E-state index < -0.39 is 11.6 Å². The second-order valence-electron chi connectivity index (χ2n) is 7.09. The van der Waals surface area contributed by atoms with Crippen molar-refractivity contribution in [3.8, 4) is 0 Å². The fourth-order valence-corrected chi connectivity index (χ4v) is 4.05. The first kappa shape index (κ1) is 17.2. The van der Waals surface area contributed by atoms with Gasteiger partial charge >= 0.3 is 11.6 Å². The molecule has 0 spiro atoms. The van der Waals surface area contributed by atoms with Crippen LogP contribution >= 0.6 is 0 Å². The summed E-state index contributed by atoms with van der Waals surface area (Å²) in [6, 6.07) is 0. The van der Waals surface area contributed by atoms with Crippen LogP contribution in [0.15, 0.2) is 34.4 Å². The molecule has 0 aromatic carbocycles. The maximum Gasteiger partial charge on any atom is 0.510 e. The lowest BCUT2D eigenvalue weighted by Gasteiger charge is -2.25. The van der Waals surface area contributed by atoms with Crippen LogP contribution in [0.5, 0.6) is 0 Å². The number of esters is 1. The van der Waals surface area contributed by atoms with Crippen LogP contribution in [0, 0.1) is 25.0 Å². The fourth-order valence-electron chi connectivity index (χ4n) is 4.05. The minimum Gasteiger partial charge on any atom is -0.461 e. The van der Waals surface area contributed by atoms with Gasteiger partial charge < -0.3 is 4.74 Å². The number of ketones is 1. The smallest absolute Gasteiger partial charge is 0.461 e. The third kappa shape index (κ3) is 2.91. The molecule has 3 aliphatic carbocycles. The Morgan fingerprint density at radius 2 is 2.12 bits per heavy atom. The lowest BCUT2D eigenvalue weighted by atomic mass is 9.76. The van der Waals surface area contributed by atoms with E-state index >= 15 is 0 Å². The standard InChI is InChI=1S/C20H20N2O3/c1-12-5-6-18-15(7-12)8-14-9-19(24)17(11-25-13(2)23)16(14)10-20(18,21-3)22-4/h6,8,12,15H,5,7,9-11H2,1-2H3/t12-,15-/m0/s1. The first-order valence-corrected chi connectivity index (χ1v) is 8.47. The van der Waals surface area contributed by atoms with Crippen molar-refractivity contribution in [3.63, 3.8) is 0 Å². The largest absolute Gasteiger partial charge is 0.510 e. The lowest BCUT2D eigenvalue weighted by molar-refractivity contribution is -0.140. The molecule has 0 aromatic heterocycles. The second kappa shape index (κ2) is 6.33. The minimum atomic E-state index is -1.29. The molecule has 0 aromatic rings. The molecule has 3 rings (SSSR count). The number of hydrogen-bond acceptors (Lipinski definition) is 3. The molecule has 0 N–H and O–H groups in total. The van der Waals surface area contributed by atoms with Gasteiger partial charge in [-0.3, -0.25) is 9.59 Å². The van der Waals surface area contributed by atoms with Gasteiger partial charge in [-0.25, -0.2) is 22.8 Å². The molecular weight excluding hydrogens is 316 g/mol. The normalized spacial score (nSPS) is 27.1. The highest BCUT2D eigenvalue weighted by atomic mass is 16.5. The number of carbonyl (C=O) groups excluding carboxylic acids is 2. The quantitative estimate of drug-likeness (QED) is 0.439. The summed E-state index contributed by atoms with van der Waals surface area (Å²) >= 11 is 0. The SMILES string of the molecule is [C-]#[N+]C1([N+]#[C-])CC2=C(COC(C)=O)C(=O)CC2=C[C@@H]2C[C@@H](C)CC=C21. The van der Waals surface area contributed by atoms with Crippen LogP contribution in [0.2, 0.25) is 0 Å². The van der Waals surface area contributed by atoms with E-state index in [0.29, 0.717) is 11.5 Å². The number of fused-ring (bicyclic) bond motifs is 2. The third-order valence-corrected chi connectivity index (χ3v) is 5.31. The Morgan fingerprint density at radius 1 is 1.40 bits per heavy atom. The molecule has 0 bridgehead atoms. The van der Waals surface area contributed by atoms with Gasteiger partial charge in [-0.1, -0.05) is 19.1 Å². The van der Waals surface area contributed by atoms with Crippen LogP contribution in [0.25, 0.3) is 9.69 Å². The van der Waals surface area contributed by atoms with E-state index in [1.165, 1.54) is 6.92 Å². The van der Waals surface area contributed by atoms with Gasteiger partial charge in [0.1, 0.15) is 18.6 Å². The van der Waals surface area contributed by atoms with Gasteiger partial charge in [0.2, 0.25) is 0 Å². The predicted molar refractivity (Wildman–Crippen MR) is 91.9 cm³/mol. The topological polar surface area (TPSA) is 52.1 Å². The van der Waals surface area contributed by atoms with E-state index in [-0.39, 0.29) is 31.1 Å². The Bertz CT molecular complexity index is 803. The van der Waals surface area contributed by atoms with Gasteiger partial charge in [0.25, 0.3) is 0 Å². The third-order valence-electron chi connectivity index (χ3n) is 5.31. The summed E-state index contributed by atoms with van der Waals surface area (Å²) < 4.78 is 5.04. The van der Waals surface area contributed by atoms with E-state index in [1.807, 2.05) is 0 Å². The molecule has 5 heteroatoms. The molecule has 0 fully saturated rings. The van der Waals surface area contributed by atoms with Gasteiger partial charge in [0, 0.05) is 24.8 Å². The maximum absolute atomic E-state index is 12.4. The second-order valence-corrected chi connectivity index (χ2v) is 7.09. The zero-order valence-electron chi connectivity index (χ0n) is 14.5. The Morgan fingerprint density at radius 3 is 2.76 bits per heavy atom. The highest BCUT2D eigenvalue weighted by Gasteiger charge is 2.55. The number of Topliss-reactive ketones (excluding diaryl/α,β-unsaturated/α-hetero) is 1. The lowest BCUT2D eigenvalue weighted by Crippen LogP contribution is -2.29. The highest BCUT2D eigenvalue weighted by molar-refractivity contribution is 6.03. The Hall–Kier alpha value is -2.66. The molecular formula is C20H20N2O3. The van der Waals surface area contributed by atoms with Crippen molar-refractivity contribution < 1.29 is 14.3 Å². The molecule has 5 nitrogen and oxygen atoms in total. The van der Waals surface area contributed by atoms with E-state index in [4.69, 9.17) is 17.9 Å². The molecule has 0 aliphatic heterocycles. The Kier molecular flexibility index (Phi) is 4.35. The van der Waals surface area contributed by atoms with E-state index in [0.717, 1.165) is 29.6 Å². The molecule has 2 atom stereocenters. The number of allylic oxidation sites excluding steroid dienone is 3. The monoisotopic (exact) mass is 336 g/mol. The molecule has 0 saturated carbocycles. The van der Waals surface area contributed by atoms with E-state index in [2.05, 4.69) is 28.8 Å². The number of hydrogen-bond donors (Lipinski definition) is 0. The van der Waals surface area contributed by atoms with Crippen molar-refractivity contribution in [2.24, 2.45) is 11.8 Å². The molecule has 128 valence electrons. The van der Waals surface area contributed by atoms with Crippen molar-refractivity contribution in [2.45, 2.75) is 45.2 Å². The van der Waals surface area contributed by atoms with Gasteiger partial charge in [-0.2, -0.15) is 0 Å². The number of carbonyl (C=O) groups is 2. The fraction of sp³-hybridized carbons (Fsp3) is 0.500. The summed E-state index contributed by atoms with van der Waals surface area (Å²) in [4.78, 5) is 31.0. The van der Waals surface area contributed by atoms with Crippen LogP contribution < -0.4 is 0 Å². The van der Waals surface area contributed by atoms with Crippen molar-refractivity contribution in [1.82, 2.24) is 0 Å². The first-order chi connectivity index (χ1) is 11.9. The molecule has 0 saturated heterocycles. The van der Waals surface area contributed by atoms with Gasteiger partial charge in [-0.15, -0.1) is 0 Å². The average molecular weight is 336 g/mol. The summed E-state index contributed by atoms with van der Waals surface area (Å²) in [5, 5.41) is 0. The minimum absolute atomic E-state index is 0.0281. The molecule has 0 radical (unpaired) electrons. The number of nitrogens with zero attached hydrogens (tertiary/aromatic N) is 2. The van der Waals surface area contributed by atoms with Crippen LogP contribution in [0.4, 0.5) is 0 Å². The van der Waals surface area contributed by atoms with E-state index in [1.54, 1.807) is 0 Å². The van der Waals surface area contributed by atoms with Gasteiger partial charge in [-0.05, 0) is 29.9 Å². The van der Waals surface area contributed by atoms with Crippen LogP contribution in [0.1, 0.15) is 39.5 Å². The summed E-state index contributed by atoms with van der Waals surface area (Å²) in [5.41, 5.74) is 1.69. The van der Waals surface area contributed by atoms with Gasteiger partial charge in [0.15, 0.2) is 5.78 Å². The maximum atomic E-state index is 12.4. The van der Waals surface area contributed by atoms with Crippen molar-refractivity contribution >= 4 is 11.8 Å². The number of ether oxygens (including phenoxy) is 1. The first-order valence-electron chi connectivity index (χ1n) is 8.47. The van der Waals surface area contributed by atoms with Gasteiger partial charge in [0.05, 0.1) is 0 Å². The molecule has 0 unspecified atom stereocenters. The summed E-state index contributed by atoms with van der Waals surface area (Å²) in [6.07, 6.45) is 6.37. The molecule has 0 amide bonds.